The molecule has 0 radical (unpaired) electrons. The Kier molecular flexibility index (Phi) is 4.22. The molecule has 2 aliphatic rings. The first-order chi connectivity index (χ1) is 10.4. The fourth-order valence-corrected chi connectivity index (χ4v) is 4.57. The number of hydrogen-bond acceptors (Lipinski definition) is 7. The third-order valence-corrected chi connectivity index (χ3v) is 5.98. The molecular weight excluding hydrogens is 302 g/mol. The summed E-state index contributed by atoms with van der Waals surface area (Å²) in [6.45, 7) is 5.77. The van der Waals surface area contributed by atoms with Crippen molar-refractivity contribution in [3.63, 3.8) is 0 Å². The first-order valence-corrected chi connectivity index (χ1v) is 9.49. The third kappa shape index (κ3) is 3.67. The van der Waals surface area contributed by atoms with E-state index in [0.717, 1.165) is 43.6 Å². The van der Waals surface area contributed by atoms with Crippen molar-refractivity contribution in [3.8, 4) is 0 Å². The van der Waals surface area contributed by atoms with Crippen LogP contribution in [0.5, 0.6) is 0 Å². The minimum atomic E-state index is -2.88. The maximum Gasteiger partial charge on any atom is 0.227 e. The van der Waals surface area contributed by atoms with E-state index < -0.39 is 9.84 Å². The first kappa shape index (κ1) is 15.5. The van der Waals surface area contributed by atoms with E-state index in [1.165, 1.54) is 0 Å². The number of nitrogens with one attached hydrogen (secondary N) is 1. The molecule has 7 nitrogen and oxygen atoms in total. The molecule has 3 rings (SSSR count). The zero-order chi connectivity index (χ0) is 15.7. The number of aromatic nitrogens is 2. The summed E-state index contributed by atoms with van der Waals surface area (Å²) in [7, 11) is -0.771. The highest BCUT2D eigenvalue weighted by Crippen LogP contribution is 2.19. The summed E-state index contributed by atoms with van der Waals surface area (Å²) in [5, 5.41) is 3.26. The van der Waals surface area contributed by atoms with Crippen LogP contribution in [0.25, 0.3) is 0 Å². The molecule has 1 aromatic heterocycles. The molecular formula is C14H23N5O2S. The molecule has 3 heterocycles. The normalized spacial score (nSPS) is 25.4. The van der Waals surface area contributed by atoms with Gasteiger partial charge in [0.15, 0.2) is 9.84 Å². The van der Waals surface area contributed by atoms with Crippen LogP contribution in [0.2, 0.25) is 0 Å². The molecule has 0 saturated carbocycles. The molecule has 1 atom stereocenters. The summed E-state index contributed by atoms with van der Waals surface area (Å²) in [6.07, 6.45) is 0.648. The topological polar surface area (TPSA) is 78.4 Å². The van der Waals surface area contributed by atoms with Crippen LogP contribution in [0.15, 0.2) is 6.07 Å². The maximum atomic E-state index is 11.6. The maximum absolute atomic E-state index is 11.6. The van der Waals surface area contributed by atoms with E-state index >= 15 is 0 Å². The van der Waals surface area contributed by atoms with Crippen molar-refractivity contribution in [1.82, 2.24) is 14.9 Å². The quantitative estimate of drug-likeness (QED) is 0.846. The summed E-state index contributed by atoms with van der Waals surface area (Å²) in [4.78, 5) is 13.6. The van der Waals surface area contributed by atoms with Gasteiger partial charge in [-0.05, 0) is 20.4 Å². The van der Waals surface area contributed by atoms with Crippen LogP contribution in [0.1, 0.15) is 12.1 Å². The fourth-order valence-electron chi connectivity index (χ4n) is 2.89. The second-order valence-corrected chi connectivity index (χ2v) is 8.46. The van der Waals surface area contributed by atoms with Crippen LogP contribution in [-0.4, -0.2) is 74.1 Å². The molecule has 0 bridgehead atoms. The third-order valence-electron chi connectivity index (χ3n) is 4.21. The highest BCUT2D eigenvalue weighted by molar-refractivity contribution is 7.91. The first-order valence-electron chi connectivity index (χ1n) is 7.67. The summed E-state index contributed by atoms with van der Waals surface area (Å²) >= 11 is 0. The van der Waals surface area contributed by atoms with Crippen LogP contribution in [0, 0.1) is 6.92 Å². The van der Waals surface area contributed by atoms with Gasteiger partial charge in [-0.3, -0.25) is 0 Å². The molecule has 1 N–H and O–H groups in total. The Morgan fingerprint density at radius 3 is 2.59 bits per heavy atom. The monoisotopic (exact) mass is 325 g/mol. The SMILES string of the molecule is Cc1cc(NC2CCS(=O)(=O)C2)nc(N2CCN(C)CC2)n1. The summed E-state index contributed by atoms with van der Waals surface area (Å²) in [5.41, 5.74) is 0.896. The lowest BCUT2D eigenvalue weighted by atomic mass is 10.2. The molecule has 0 aliphatic carbocycles. The Morgan fingerprint density at radius 1 is 1.23 bits per heavy atom. The van der Waals surface area contributed by atoms with Crippen LogP contribution in [0.4, 0.5) is 11.8 Å². The molecule has 22 heavy (non-hydrogen) atoms. The van der Waals surface area contributed by atoms with Crippen molar-refractivity contribution in [2.24, 2.45) is 0 Å². The van der Waals surface area contributed by atoms with E-state index in [1.807, 2.05) is 13.0 Å². The molecule has 122 valence electrons. The van der Waals surface area contributed by atoms with Crippen molar-refractivity contribution in [2.45, 2.75) is 19.4 Å². The van der Waals surface area contributed by atoms with Gasteiger partial charge in [0, 0.05) is 44.0 Å². The van der Waals surface area contributed by atoms with Gasteiger partial charge in [-0.15, -0.1) is 0 Å². The van der Waals surface area contributed by atoms with E-state index in [2.05, 4.69) is 32.1 Å². The number of likely N-dealkylation sites (N-methyl/N-ethyl adjacent to an activating group) is 1. The van der Waals surface area contributed by atoms with Crippen LogP contribution < -0.4 is 10.2 Å². The van der Waals surface area contributed by atoms with Gasteiger partial charge in [-0.1, -0.05) is 0 Å². The molecule has 0 amide bonds. The molecule has 1 unspecified atom stereocenters. The van der Waals surface area contributed by atoms with Crippen molar-refractivity contribution in [3.05, 3.63) is 11.8 Å². The van der Waals surface area contributed by atoms with Gasteiger partial charge < -0.3 is 15.1 Å². The van der Waals surface area contributed by atoms with E-state index in [9.17, 15) is 8.42 Å². The molecule has 8 heteroatoms. The van der Waals surface area contributed by atoms with Gasteiger partial charge in [0.2, 0.25) is 5.95 Å². The molecule has 0 spiro atoms. The molecule has 2 saturated heterocycles. The van der Waals surface area contributed by atoms with Gasteiger partial charge in [0.1, 0.15) is 5.82 Å². The van der Waals surface area contributed by atoms with Gasteiger partial charge >= 0.3 is 0 Å². The zero-order valence-corrected chi connectivity index (χ0v) is 13.9. The Hall–Kier alpha value is -1.41. The van der Waals surface area contributed by atoms with Crippen LogP contribution >= 0.6 is 0 Å². The lowest BCUT2D eigenvalue weighted by Crippen LogP contribution is -2.45. The molecule has 0 aromatic carbocycles. The van der Waals surface area contributed by atoms with Gasteiger partial charge in [-0.25, -0.2) is 13.4 Å². The summed E-state index contributed by atoms with van der Waals surface area (Å²) in [6, 6.07) is 1.84. The fraction of sp³-hybridized carbons (Fsp3) is 0.714. The van der Waals surface area contributed by atoms with Crippen LogP contribution in [0.3, 0.4) is 0 Å². The molecule has 2 fully saturated rings. The average molecular weight is 325 g/mol. The predicted octanol–water partition coefficient (Wildman–Crippen LogP) is 0.136. The Morgan fingerprint density at radius 2 is 1.95 bits per heavy atom. The van der Waals surface area contributed by atoms with Gasteiger partial charge in [0.05, 0.1) is 11.5 Å². The van der Waals surface area contributed by atoms with Crippen molar-refractivity contribution in [2.75, 3.05) is 54.9 Å². The van der Waals surface area contributed by atoms with Crippen LogP contribution in [-0.2, 0) is 9.84 Å². The van der Waals surface area contributed by atoms with E-state index in [4.69, 9.17) is 0 Å². The zero-order valence-electron chi connectivity index (χ0n) is 13.1. The van der Waals surface area contributed by atoms with Crippen molar-refractivity contribution < 1.29 is 8.42 Å². The van der Waals surface area contributed by atoms with Gasteiger partial charge in [0.25, 0.3) is 0 Å². The second kappa shape index (κ2) is 6.00. The number of sulfone groups is 1. The lowest BCUT2D eigenvalue weighted by Gasteiger charge is -2.32. The number of anilines is 2. The van der Waals surface area contributed by atoms with E-state index in [0.29, 0.717) is 6.42 Å². The van der Waals surface area contributed by atoms with Crippen molar-refractivity contribution in [1.29, 1.82) is 0 Å². The number of rotatable bonds is 3. The number of piperazine rings is 1. The number of aryl methyl sites for hydroxylation is 1. The largest absolute Gasteiger partial charge is 0.366 e. The Labute approximate surface area is 131 Å². The highest BCUT2D eigenvalue weighted by atomic mass is 32.2. The number of nitrogens with zero attached hydrogens (tertiary/aromatic N) is 4. The number of hydrogen-bond donors (Lipinski definition) is 1. The minimum absolute atomic E-state index is 0.0420. The lowest BCUT2D eigenvalue weighted by molar-refractivity contribution is 0.311. The standard InChI is InChI=1S/C14H23N5O2S/c1-11-9-13(16-12-3-8-22(20,21)10-12)17-14(15-11)19-6-4-18(2)5-7-19/h9,12H,3-8,10H2,1-2H3,(H,15,16,17). The Bertz CT molecular complexity index is 641. The smallest absolute Gasteiger partial charge is 0.227 e. The molecule has 2 aliphatic heterocycles. The second-order valence-electron chi connectivity index (χ2n) is 6.23. The average Bonchev–Trinajstić information content (AvgIpc) is 2.78. The summed E-state index contributed by atoms with van der Waals surface area (Å²) in [5.74, 6) is 1.92. The predicted molar refractivity (Wildman–Crippen MR) is 87.2 cm³/mol. The minimum Gasteiger partial charge on any atom is -0.366 e. The summed E-state index contributed by atoms with van der Waals surface area (Å²) < 4.78 is 23.1. The van der Waals surface area contributed by atoms with Gasteiger partial charge in [-0.2, -0.15) is 4.98 Å². The highest BCUT2D eigenvalue weighted by Gasteiger charge is 2.28. The molecule has 1 aromatic rings. The van der Waals surface area contributed by atoms with E-state index in [-0.39, 0.29) is 17.5 Å². The van der Waals surface area contributed by atoms with E-state index in [1.54, 1.807) is 0 Å². The Balaban J connectivity index is 1.73. The van der Waals surface area contributed by atoms with Crippen molar-refractivity contribution >= 4 is 21.6 Å².